The molecule has 2 aromatic heterocycles. The summed E-state index contributed by atoms with van der Waals surface area (Å²) < 4.78 is 6.16. The van der Waals surface area contributed by atoms with Gasteiger partial charge in [0.1, 0.15) is 22.1 Å². The van der Waals surface area contributed by atoms with E-state index < -0.39 is 0 Å². The lowest BCUT2D eigenvalue weighted by atomic mass is 9.94. The van der Waals surface area contributed by atoms with E-state index >= 15 is 0 Å². The molecule has 5 rings (SSSR count). The second kappa shape index (κ2) is 5.11. The number of thiophene rings is 1. The molecule has 3 heteroatoms. The van der Waals surface area contributed by atoms with Gasteiger partial charge in [-0.15, -0.1) is 11.3 Å². The molecule has 2 aromatic carbocycles. The molecule has 116 valence electrons. The molecule has 4 aromatic rings. The van der Waals surface area contributed by atoms with Gasteiger partial charge in [0, 0.05) is 0 Å². The van der Waals surface area contributed by atoms with Gasteiger partial charge in [-0.05, 0) is 45.8 Å². The summed E-state index contributed by atoms with van der Waals surface area (Å²) in [5, 5.41) is 11.8. The SMILES string of the molecule is Oc1ccsc1-c1ccc(C2c3ccccc3-c3ccccc32)o1. The Balaban J connectivity index is 1.68. The van der Waals surface area contributed by atoms with Crippen molar-refractivity contribution >= 4 is 11.3 Å². The second-order valence-electron chi connectivity index (χ2n) is 5.94. The highest BCUT2D eigenvalue weighted by molar-refractivity contribution is 7.13. The van der Waals surface area contributed by atoms with Crippen LogP contribution in [-0.4, -0.2) is 5.11 Å². The van der Waals surface area contributed by atoms with Gasteiger partial charge in [0.2, 0.25) is 0 Å². The van der Waals surface area contributed by atoms with E-state index in [2.05, 4.69) is 48.5 Å². The van der Waals surface area contributed by atoms with Crippen molar-refractivity contribution in [3.8, 4) is 27.5 Å². The van der Waals surface area contributed by atoms with Crippen LogP contribution in [0, 0.1) is 0 Å². The average Bonchev–Trinajstić information content (AvgIpc) is 3.31. The highest BCUT2D eigenvalue weighted by Gasteiger charge is 2.31. The Labute approximate surface area is 143 Å². The summed E-state index contributed by atoms with van der Waals surface area (Å²) in [6, 6.07) is 22.7. The van der Waals surface area contributed by atoms with E-state index in [9.17, 15) is 5.11 Å². The molecular formula is C21H14O2S. The van der Waals surface area contributed by atoms with Crippen LogP contribution in [0.15, 0.2) is 76.5 Å². The predicted octanol–water partition coefficient (Wildman–Crippen LogP) is 5.87. The average molecular weight is 330 g/mol. The largest absolute Gasteiger partial charge is 0.506 e. The Morgan fingerprint density at radius 3 is 2.08 bits per heavy atom. The van der Waals surface area contributed by atoms with E-state index in [4.69, 9.17) is 4.42 Å². The Kier molecular flexibility index (Phi) is 2.91. The lowest BCUT2D eigenvalue weighted by Gasteiger charge is -2.10. The molecule has 0 radical (unpaired) electrons. The van der Waals surface area contributed by atoms with Gasteiger partial charge in [-0.1, -0.05) is 48.5 Å². The third-order valence-corrected chi connectivity index (χ3v) is 5.53. The molecular weight excluding hydrogens is 316 g/mol. The lowest BCUT2D eigenvalue weighted by Crippen LogP contribution is -1.96. The van der Waals surface area contributed by atoms with Crippen LogP contribution in [0.4, 0.5) is 0 Å². The third kappa shape index (κ3) is 1.88. The summed E-state index contributed by atoms with van der Waals surface area (Å²) in [5.74, 6) is 2.01. The quantitative estimate of drug-likeness (QED) is 0.439. The summed E-state index contributed by atoms with van der Waals surface area (Å²) >= 11 is 1.49. The number of benzene rings is 2. The van der Waals surface area contributed by atoms with Gasteiger partial charge in [0.05, 0.1) is 5.92 Å². The van der Waals surface area contributed by atoms with Crippen LogP contribution in [0.3, 0.4) is 0 Å². The molecule has 2 heterocycles. The van der Waals surface area contributed by atoms with Crippen molar-refractivity contribution in [2.24, 2.45) is 0 Å². The van der Waals surface area contributed by atoms with Crippen molar-refractivity contribution in [2.75, 3.05) is 0 Å². The zero-order valence-electron chi connectivity index (χ0n) is 12.8. The molecule has 0 fully saturated rings. The van der Waals surface area contributed by atoms with E-state index in [-0.39, 0.29) is 11.7 Å². The maximum atomic E-state index is 9.94. The van der Waals surface area contributed by atoms with Crippen LogP contribution >= 0.6 is 11.3 Å². The van der Waals surface area contributed by atoms with Crippen molar-refractivity contribution in [3.63, 3.8) is 0 Å². The summed E-state index contributed by atoms with van der Waals surface area (Å²) in [6.07, 6.45) is 0. The minimum absolute atomic E-state index is 0.105. The van der Waals surface area contributed by atoms with Gasteiger partial charge in [-0.25, -0.2) is 0 Å². The van der Waals surface area contributed by atoms with Gasteiger partial charge >= 0.3 is 0 Å². The second-order valence-corrected chi connectivity index (χ2v) is 6.86. The standard InChI is InChI=1S/C21H14O2S/c22-17-11-12-24-21(17)19-10-9-18(23-19)20-15-7-3-1-5-13(15)14-6-2-4-8-16(14)20/h1-12,20,22H. The minimum atomic E-state index is 0.105. The summed E-state index contributed by atoms with van der Waals surface area (Å²) in [6.45, 7) is 0. The maximum absolute atomic E-state index is 9.94. The van der Waals surface area contributed by atoms with Crippen LogP contribution in [0.25, 0.3) is 21.8 Å². The zero-order chi connectivity index (χ0) is 16.1. The molecule has 0 aliphatic heterocycles. The first-order chi connectivity index (χ1) is 11.8. The maximum Gasteiger partial charge on any atom is 0.148 e. The molecule has 1 aliphatic rings. The smallest absolute Gasteiger partial charge is 0.148 e. The monoisotopic (exact) mass is 330 g/mol. The number of fused-ring (bicyclic) bond motifs is 3. The summed E-state index contributed by atoms with van der Waals surface area (Å²) in [7, 11) is 0. The Hall–Kier alpha value is -2.78. The number of furan rings is 1. The number of aromatic hydroxyl groups is 1. The molecule has 0 amide bonds. The molecule has 24 heavy (non-hydrogen) atoms. The van der Waals surface area contributed by atoms with Crippen LogP contribution in [0.5, 0.6) is 5.75 Å². The van der Waals surface area contributed by atoms with Crippen molar-refractivity contribution < 1.29 is 9.52 Å². The van der Waals surface area contributed by atoms with Crippen LogP contribution in [0.2, 0.25) is 0 Å². The highest BCUT2D eigenvalue weighted by Crippen LogP contribution is 2.49. The minimum Gasteiger partial charge on any atom is -0.506 e. The molecule has 1 N–H and O–H groups in total. The van der Waals surface area contributed by atoms with E-state index in [1.165, 1.54) is 33.6 Å². The topological polar surface area (TPSA) is 33.4 Å². The molecule has 0 atom stereocenters. The third-order valence-electron chi connectivity index (χ3n) is 4.61. The molecule has 0 bridgehead atoms. The summed E-state index contributed by atoms with van der Waals surface area (Å²) in [5.41, 5.74) is 5.09. The highest BCUT2D eigenvalue weighted by atomic mass is 32.1. The van der Waals surface area contributed by atoms with Gasteiger partial charge in [0.15, 0.2) is 0 Å². The molecule has 0 unspecified atom stereocenters. The first-order valence-corrected chi connectivity index (χ1v) is 8.75. The number of rotatable bonds is 2. The van der Waals surface area contributed by atoms with Crippen molar-refractivity contribution in [2.45, 2.75) is 5.92 Å². The van der Waals surface area contributed by atoms with Crippen LogP contribution in [-0.2, 0) is 0 Å². The van der Waals surface area contributed by atoms with E-state index in [1.54, 1.807) is 6.07 Å². The van der Waals surface area contributed by atoms with Crippen molar-refractivity contribution in [1.82, 2.24) is 0 Å². The van der Waals surface area contributed by atoms with Crippen LogP contribution < -0.4 is 0 Å². The normalized spacial score (nSPS) is 13.0. The number of hydrogen-bond acceptors (Lipinski definition) is 3. The van der Waals surface area contributed by atoms with E-state index in [0.717, 1.165) is 16.4 Å². The Morgan fingerprint density at radius 2 is 1.46 bits per heavy atom. The fraction of sp³-hybridized carbons (Fsp3) is 0.0476. The lowest BCUT2D eigenvalue weighted by molar-refractivity contribution is 0.473. The van der Waals surface area contributed by atoms with Crippen molar-refractivity contribution in [3.05, 3.63) is 89.0 Å². The zero-order valence-corrected chi connectivity index (χ0v) is 13.6. The Bertz CT molecular complexity index is 996. The first-order valence-electron chi connectivity index (χ1n) is 7.88. The van der Waals surface area contributed by atoms with E-state index in [0.29, 0.717) is 0 Å². The van der Waals surface area contributed by atoms with Crippen molar-refractivity contribution in [1.29, 1.82) is 0 Å². The van der Waals surface area contributed by atoms with E-state index in [1.807, 2.05) is 17.5 Å². The fourth-order valence-electron chi connectivity index (χ4n) is 3.58. The fourth-order valence-corrected chi connectivity index (χ4v) is 4.33. The molecule has 0 saturated heterocycles. The van der Waals surface area contributed by atoms with Gasteiger partial charge in [0.25, 0.3) is 0 Å². The van der Waals surface area contributed by atoms with Gasteiger partial charge < -0.3 is 9.52 Å². The number of hydrogen-bond donors (Lipinski definition) is 1. The molecule has 1 aliphatic carbocycles. The predicted molar refractivity (Wildman–Crippen MR) is 96.5 cm³/mol. The summed E-state index contributed by atoms with van der Waals surface area (Å²) in [4.78, 5) is 0.779. The Morgan fingerprint density at radius 1 is 0.792 bits per heavy atom. The first kappa shape index (κ1) is 13.6. The molecule has 2 nitrogen and oxygen atoms in total. The van der Waals surface area contributed by atoms with Gasteiger partial charge in [-0.3, -0.25) is 0 Å². The molecule has 0 spiro atoms. The molecule has 0 saturated carbocycles. The van der Waals surface area contributed by atoms with Crippen LogP contribution in [0.1, 0.15) is 22.8 Å². The van der Waals surface area contributed by atoms with Gasteiger partial charge in [-0.2, -0.15) is 0 Å².